The van der Waals surface area contributed by atoms with Crippen molar-refractivity contribution in [2.75, 3.05) is 12.9 Å². The normalized spacial score (nSPS) is 37.7. The van der Waals surface area contributed by atoms with E-state index in [9.17, 15) is 8.42 Å². The second-order valence-corrected chi connectivity index (χ2v) is 6.57. The summed E-state index contributed by atoms with van der Waals surface area (Å²) in [4.78, 5) is 0. The summed E-state index contributed by atoms with van der Waals surface area (Å²) >= 11 is 0. The van der Waals surface area contributed by atoms with Crippen LogP contribution in [-0.2, 0) is 14.6 Å². The Morgan fingerprint density at radius 2 is 1.94 bits per heavy atom. The van der Waals surface area contributed by atoms with Gasteiger partial charge in [0.25, 0.3) is 0 Å². The van der Waals surface area contributed by atoms with Gasteiger partial charge in [0, 0.05) is 24.6 Å². The van der Waals surface area contributed by atoms with Crippen LogP contribution in [0.3, 0.4) is 0 Å². The van der Waals surface area contributed by atoms with Gasteiger partial charge in [0.05, 0.1) is 11.9 Å². The van der Waals surface area contributed by atoms with Crippen LogP contribution in [0.25, 0.3) is 0 Å². The summed E-state index contributed by atoms with van der Waals surface area (Å²) in [6.07, 6.45) is 6.43. The zero-order valence-electron chi connectivity index (χ0n) is 9.56. The van der Waals surface area contributed by atoms with Gasteiger partial charge >= 0.3 is 0 Å². The molecule has 1 unspecified atom stereocenters. The average molecular weight is 245 g/mol. The first kappa shape index (κ1) is 12.1. The third kappa shape index (κ3) is 3.06. The first-order valence-corrected chi connectivity index (χ1v) is 7.50. The molecular formula is C11H19NO3S. The van der Waals surface area contributed by atoms with Crippen LogP contribution in [0.2, 0.25) is 0 Å². The summed E-state index contributed by atoms with van der Waals surface area (Å²) in [6, 6.07) is 0.448. The molecule has 1 atom stereocenters. The number of nitrogens with one attached hydrogen (secondary N) is 1. The van der Waals surface area contributed by atoms with Gasteiger partial charge in [0.1, 0.15) is 0 Å². The molecule has 0 spiro atoms. The van der Waals surface area contributed by atoms with Crippen molar-refractivity contribution in [3.63, 3.8) is 0 Å². The molecule has 0 saturated heterocycles. The Balaban J connectivity index is 1.78. The monoisotopic (exact) mass is 245 g/mol. The molecule has 2 rings (SSSR count). The molecular weight excluding hydrogens is 226 g/mol. The predicted octanol–water partition coefficient (Wildman–Crippen LogP) is 0.844. The summed E-state index contributed by atoms with van der Waals surface area (Å²) in [6.45, 7) is 0. The van der Waals surface area contributed by atoms with Crippen molar-refractivity contribution in [3.05, 3.63) is 11.5 Å². The Morgan fingerprint density at radius 1 is 1.25 bits per heavy atom. The predicted molar refractivity (Wildman–Crippen MR) is 62.9 cm³/mol. The second-order valence-electron chi connectivity index (χ2n) is 4.64. The minimum Gasteiger partial charge on any atom is -0.381 e. The van der Waals surface area contributed by atoms with Crippen LogP contribution in [-0.4, -0.2) is 39.5 Å². The van der Waals surface area contributed by atoms with Gasteiger partial charge < -0.3 is 10.1 Å². The molecule has 0 aromatic rings. The van der Waals surface area contributed by atoms with Gasteiger partial charge in [0.2, 0.25) is 0 Å². The highest BCUT2D eigenvalue weighted by Crippen LogP contribution is 2.22. The maximum atomic E-state index is 11.2. The van der Waals surface area contributed by atoms with Gasteiger partial charge in [0.15, 0.2) is 9.84 Å². The van der Waals surface area contributed by atoms with E-state index in [4.69, 9.17) is 4.74 Å². The minimum absolute atomic E-state index is 0.00842. The van der Waals surface area contributed by atoms with Crippen molar-refractivity contribution >= 4 is 9.84 Å². The number of hydrogen-bond acceptors (Lipinski definition) is 4. The van der Waals surface area contributed by atoms with Crippen LogP contribution in [0.5, 0.6) is 0 Å². The van der Waals surface area contributed by atoms with E-state index >= 15 is 0 Å². The lowest BCUT2D eigenvalue weighted by molar-refractivity contribution is 0.0620. The lowest BCUT2D eigenvalue weighted by atomic mass is 9.92. The van der Waals surface area contributed by atoms with Crippen molar-refractivity contribution in [1.29, 1.82) is 0 Å². The second kappa shape index (κ2) is 4.85. The number of ether oxygens (including phenoxy) is 1. The van der Waals surface area contributed by atoms with Crippen LogP contribution < -0.4 is 5.32 Å². The van der Waals surface area contributed by atoms with Crippen LogP contribution in [0.15, 0.2) is 11.5 Å². The first-order chi connectivity index (χ1) is 7.59. The fraction of sp³-hybridized carbons (Fsp3) is 0.818. The summed E-state index contributed by atoms with van der Waals surface area (Å²) in [7, 11) is -1.17. The van der Waals surface area contributed by atoms with Crippen molar-refractivity contribution in [3.8, 4) is 0 Å². The van der Waals surface area contributed by atoms with Crippen molar-refractivity contribution in [2.45, 2.75) is 43.9 Å². The number of rotatable bonds is 3. The Bertz CT molecular complexity index is 355. The maximum Gasteiger partial charge on any atom is 0.173 e. The Morgan fingerprint density at radius 3 is 2.44 bits per heavy atom. The number of methoxy groups -OCH3 is 1. The van der Waals surface area contributed by atoms with E-state index < -0.39 is 9.84 Å². The van der Waals surface area contributed by atoms with E-state index in [0.29, 0.717) is 12.1 Å². The van der Waals surface area contributed by atoms with Crippen LogP contribution >= 0.6 is 0 Å². The molecule has 0 aromatic carbocycles. The lowest BCUT2D eigenvalue weighted by Gasteiger charge is -2.29. The third-order valence-electron chi connectivity index (χ3n) is 3.39. The zero-order chi connectivity index (χ0) is 11.6. The number of sulfone groups is 1. The lowest BCUT2D eigenvalue weighted by Crippen LogP contribution is -2.41. The smallest absolute Gasteiger partial charge is 0.173 e. The van der Waals surface area contributed by atoms with Gasteiger partial charge in [-0.1, -0.05) is 6.08 Å². The van der Waals surface area contributed by atoms with Gasteiger partial charge in [-0.25, -0.2) is 8.42 Å². The summed E-state index contributed by atoms with van der Waals surface area (Å²) in [5.41, 5.74) is 0. The van der Waals surface area contributed by atoms with E-state index in [-0.39, 0.29) is 11.8 Å². The molecule has 0 radical (unpaired) electrons. The molecule has 1 aliphatic heterocycles. The van der Waals surface area contributed by atoms with Gasteiger partial charge in [-0.2, -0.15) is 0 Å². The van der Waals surface area contributed by atoms with Crippen molar-refractivity contribution in [1.82, 2.24) is 5.32 Å². The van der Waals surface area contributed by atoms with E-state index in [1.807, 2.05) is 0 Å². The molecule has 1 heterocycles. The molecule has 5 heteroatoms. The van der Waals surface area contributed by atoms with Crippen molar-refractivity contribution < 1.29 is 13.2 Å². The molecule has 1 saturated carbocycles. The topological polar surface area (TPSA) is 55.4 Å². The van der Waals surface area contributed by atoms with E-state index in [0.717, 1.165) is 25.7 Å². The highest BCUT2D eigenvalue weighted by Gasteiger charge is 2.26. The first-order valence-electron chi connectivity index (χ1n) is 5.79. The molecule has 1 fully saturated rings. The summed E-state index contributed by atoms with van der Waals surface area (Å²) in [5.74, 6) is 0.219. The Labute approximate surface area is 97.0 Å². The van der Waals surface area contributed by atoms with E-state index in [1.165, 1.54) is 5.41 Å². The van der Waals surface area contributed by atoms with Crippen LogP contribution in [0.4, 0.5) is 0 Å². The highest BCUT2D eigenvalue weighted by molar-refractivity contribution is 7.94. The molecule has 1 aliphatic carbocycles. The standard InChI is InChI=1S/C11H19NO3S/c1-15-11-4-2-9(3-5-11)12-10-6-7-16(13,14)8-10/h6-7,9-12H,2-5,8H2,1H3. The Hall–Kier alpha value is -0.390. The summed E-state index contributed by atoms with van der Waals surface area (Å²) in [5, 5.41) is 4.72. The highest BCUT2D eigenvalue weighted by atomic mass is 32.2. The van der Waals surface area contributed by atoms with Gasteiger partial charge in [-0.3, -0.25) is 0 Å². The number of hydrogen-bond donors (Lipinski definition) is 1. The quantitative estimate of drug-likeness (QED) is 0.800. The fourth-order valence-electron chi connectivity index (χ4n) is 2.45. The molecule has 16 heavy (non-hydrogen) atoms. The maximum absolute atomic E-state index is 11.2. The molecule has 4 nitrogen and oxygen atoms in total. The van der Waals surface area contributed by atoms with Crippen LogP contribution in [0.1, 0.15) is 25.7 Å². The summed E-state index contributed by atoms with van der Waals surface area (Å²) < 4.78 is 27.8. The van der Waals surface area contributed by atoms with Crippen LogP contribution in [0, 0.1) is 0 Å². The molecule has 0 aromatic heterocycles. The van der Waals surface area contributed by atoms with Gasteiger partial charge in [-0.15, -0.1) is 0 Å². The zero-order valence-corrected chi connectivity index (χ0v) is 10.4. The SMILES string of the molecule is COC1CCC(NC2C=CS(=O)(=O)C2)CC1. The fourth-order valence-corrected chi connectivity index (χ4v) is 3.70. The average Bonchev–Trinajstić information content (AvgIpc) is 2.59. The largest absolute Gasteiger partial charge is 0.381 e. The van der Waals surface area contributed by atoms with E-state index in [2.05, 4.69) is 5.32 Å². The minimum atomic E-state index is -2.93. The Kier molecular flexibility index (Phi) is 3.66. The molecule has 1 N–H and O–H groups in total. The third-order valence-corrected chi connectivity index (χ3v) is 4.78. The molecule has 0 amide bonds. The van der Waals surface area contributed by atoms with Crippen molar-refractivity contribution in [2.24, 2.45) is 0 Å². The molecule has 0 bridgehead atoms. The van der Waals surface area contributed by atoms with Gasteiger partial charge in [-0.05, 0) is 25.7 Å². The molecule has 92 valence electrons. The molecule has 2 aliphatic rings. The van der Waals surface area contributed by atoms with E-state index in [1.54, 1.807) is 13.2 Å².